The molecule has 0 aromatic heterocycles. The summed E-state index contributed by atoms with van der Waals surface area (Å²) in [6, 6.07) is 0. The molecule has 0 saturated heterocycles. The van der Waals surface area contributed by atoms with Crippen LogP contribution in [0.15, 0.2) is 0 Å². The maximum atomic E-state index is 7.17. The highest BCUT2D eigenvalue weighted by atomic mass is 16.3. The molecular weight excluding hydrogens is 64.0 g/mol. The Bertz CT molecular complexity index is 227. The molecule has 0 aliphatic carbocycles. The Morgan fingerprint density at radius 2 is 3.80 bits per heavy atom. The third-order valence-corrected chi connectivity index (χ3v) is 0.114. The second-order valence-electron chi connectivity index (χ2n) is 0.454. The van der Waals surface area contributed by atoms with Crippen LogP contribution in [0.5, 0.6) is 0 Å². The van der Waals surface area contributed by atoms with E-state index in [9.17, 15) is 0 Å². The van der Waals surface area contributed by atoms with Gasteiger partial charge in [0.1, 0.15) is 0 Å². The van der Waals surface area contributed by atoms with Crippen molar-refractivity contribution in [1.29, 1.82) is 1.43 Å². The van der Waals surface area contributed by atoms with E-state index in [0.29, 0.717) is 0 Å². The lowest BCUT2D eigenvalue weighted by Crippen LogP contribution is -1.93. The summed E-state index contributed by atoms with van der Waals surface area (Å²) in [5, 5.41) is 3.51. The Hall–Kier alpha value is -0.0400. The fraction of sp³-hybridized carbons (Fsp3) is 1.00. The van der Waals surface area contributed by atoms with Gasteiger partial charge in [-0.1, -0.05) is 6.85 Å². The van der Waals surface area contributed by atoms with Crippen molar-refractivity contribution in [3.63, 3.8) is 0 Å². The predicted molar refractivity (Wildman–Crippen MR) is 22.0 cm³/mol. The molecule has 0 bridgehead atoms. The lowest BCUT2D eigenvalue weighted by atomic mass is 10.3. The Morgan fingerprint density at radius 3 is 4.00 bits per heavy atom. The number of hydrogen-bond donors (Lipinski definition) is 1. The lowest BCUT2D eigenvalue weighted by Gasteiger charge is -1.90. The van der Waals surface area contributed by atoms with Gasteiger partial charge in [-0.25, -0.2) is 0 Å². The molecule has 0 saturated carbocycles. The third-order valence-electron chi connectivity index (χ3n) is 0.114. The van der Waals surface area contributed by atoms with E-state index in [1.54, 1.807) is 0 Å². The van der Waals surface area contributed by atoms with Crippen LogP contribution in [0.2, 0.25) is 0 Å². The number of rotatable bonds is 2. The molecule has 0 aromatic rings. The topological polar surface area (TPSA) is 20.2 Å². The third kappa shape index (κ3) is 3.96. The second-order valence-corrected chi connectivity index (χ2v) is 0.454. The van der Waals surface area contributed by atoms with E-state index < -0.39 is 26.2 Å². The van der Waals surface area contributed by atoms with Gasteiger partial charge in [0.15, 0.2) is 0 Å². The molecule has 0 aliphatic heterocycles. The fourth-order valence-corrected chi connectivity index (χ4v) is 0. The van der Waals surface area contributed by atoms with Crippen molar-refractivity contribution >= 4 is 0 Å². The van der Waals surface area contributed by atoms with E-state index in [2.05, 4.69) is 5.11 Å². The molecule has 1 unspecified atom stereocenters. The Kier molecular flexibility index (Phi) is 0.177. The van der Waals surface area contributed by atoms with Crippen LogP contribution in [0.3, 0.4) is 0 Å². The smallest absolute Gasteiger partial charge is 0.210 e. The van der Waals surface area contributed by atoms with E-state index in [1.807, 2.05) is 0 Å². The quantitative estimate of drug-likeness (QED) is 0.524. The molecule has 0 aliphatic rings. The highest BCUT2D eigenvalue weighted by Crippen LogP contribution is 1.81. The van der Waals surface area contributed by atoms with Gasteiger partial charge in [-0.2, -0.15) is 0 Å². The minimum atomic E-state index is -3.48. The molecule has 32 valence electrons. The monoisotopic (exact) mass is 84.1 g/mol. The SMILES string of the molecule is [2H]OC([2H])(C([2H])([2H])[2H])C([2H])([2H])C([2H])([2H])[2H]. The molecular formula is C4H10O. The summed E-state index contributed by atoms with van der Waals surface area (Å²) in [4.78, 5) is 0. The first-order chi connectivity index (χ1) is 6.31. The Balaban J connectivity index is 5.50. The molecule has 0 amide bonds. The summed E-state index contributed by atoms with van der Waals surface area (Å²) in [7, 11) is 0. The van der Waals surface area contributed by atoms with E-state index in [4.69, 9.17) is 13.8 Å². The van der Waals surface area contributed by atoms with Crippen LogP contribution in [0.25, 0.3) is 0 Å². The van der Waals surface area contributed by atoms with Gasteiger partial charge in [-0.05, 0) is 13.2 Å². The molecule has 0 heterocycles. The first-order valence-corrected chi connectivity index (χ1v) is 0.954. The van der Waals surface area contributed by atoms with E-state index >= 15 is 0 Å². The molecule has 1 atom stereocenters. The van der Waals surface area contributed by atoms with Crippen molar-refractivity contribution in [2.45, 2.75) is 26.2 Å². The van der Waals surface area contributed by atoms with E-state index in [1.165, 1.54) is 0 Å². The number of aliphatic hydroxyl groups is 1. The van der Waals surface area contributed by atoms with Gasteiger partial charge in [0.25, 0.3) is 0 Å². The van der Waals surface area contributed by atoms with Crippen LogP contribution in [-0.4, -0.2) is 12.6 Å². The van der Waals surface area contributed by atoms with Gasteiger partial charge in [0.2, 0.25) is 1.43 Å². The normalized spacial score (nSPS) is 58.4. The van der Waals surface area contributed by atoms with Gasteiger partial charge in [0, 0.05) is 11.0 Å². The highest BCUT2D eigenvalue weighted by Gasteiger charge is 1.81. The molecule has 0 aromatic carbocycles. The molecule has 0 radical (unpaired) electrons. The van der Waals surface area contributed by atoms with E-state index in [-0.39, 0.29) is 0 Å². The van der Waals surface area contributed by atoms with Crippen LogP contribution in [-0.2, 0) is 0 Å². The van der Waals surface area contributed by atoms with Gasteiger partial charge in [0.05, 0.1) is 7.45 Å². The van der Waals surface area contributed by atoms with Crippen LogP contribution in [0.1, 0.15) is 32.4 Å². The van der Waals surface area contributed by atoms with Crippen molar-refractivity contribution in [2.75, 3.05) is 0 Å². The molecule has 0 rings (SSSR count). The van der Waals surface area contributed by atoms with E-state index in [0.717, 1.165) is 0 Å². The summed E-state index contributed by atoms with van der Waals surface area (Å²) in [5.74, 6) is 0. The molecule has 5 heavy (non-hydrogen) atoms. The Labute approximate surface area is 46.8 Å². The zero-order valence-corrected chi connectivity index (χ0v) is 2.41. The largest absolute Gasteiger partial charge is 0.393 e. The summed E-state index contributed by atoms with van der Waals surface area (Å²) < 4.78 is 68.7. The van der Waals surface area contributed by atoms with Crippen LogP contribution >= 0.6 is 0 Å². The van der Waals surface area contributed by atoms with Gasteiger partial charge in [-0.15, -0.1) is 0 Å². The average Bonchev–Trinajstić information content (AvgIpc) is 1.98. The molecule has 1 heteroatoms. The summed E-state index contributed by atoms with van der Waals surface area (Å²) in [6.45, 7) is -6.75. The van der Waals surface area contributed by atoms with Crippen LogP contribution < -0.4 is 0 Å². The first-order valence-electron chi connectivity index (χ1n) is 5.86. The zero-order valence-electron chi connectivity index (χ0n) is 12.4. The van der Waals surface area contributed by atoms with Crippen molar-refractivity contribution < 1.29 is 17.4 Å². The first kappa shape index (κ1) is 0.399. The van der Waals surface area contributed by atoms with Crippen LogP contribution in [0.4, 0.5) is 0 Å². The number of hydrogen-bond acceptors (Lipinski definition) is 1. The summed E-state index contributed by atoms with van der Waals surface area (Å²) in [6.07, 6.45) is -6.93. The van der Waals surface area contributed by atoms with Crippen LogP contribution in [0, 0.1) is 0 Å². The maximum absolute atomic E-state index is 7.17. The average molecular weight is 84.2 g/mol. The predicted octanol–water partition coefficient (Wildman–Crippen LogP) is 0.777. The van der Waals surface area contributed by atoms with Crippen molar-refractivity contribution in [1.82, 2.24) is 0 Å². The molecule has 1 nitrogen and oxygen atoms in total. The molecule has 0 spiro atoms. The highest BCUT2D eigenvalue weighted by molar-refractivity contribution is 4.34. The van der Waals surface area contributed by atoms with Crippen molar-refractivity contribution in [2.24, 2.45) is 0 Å². The summed E-state index contributed by atoms with van der Waals surface area (Å²) >= 11 is 0. The maximum Gasteiger partial charge on any atom is 0.210 e. The minimum absolute atomic E-state index is 3.37. The lowest BCUT2D eigenvalue weighted by molar-refractivity contribution is 0.191. The van der Waals surface area contributed by atoms with Gasteiger partial charge < -0.3 is 5.11 Å². The Morgan fingerprint density at radius 1 is 2.80 bits per heavy atom. The minimum Gasteiger partial charge on any atom is -0.393 e. The van der Waals surface area contributed by atoms with Crippen molar-refractivity contribution in [3.8, 4) is 0 Å². The second kappa shape index (κ2) is 2.21. The van der Waals surface area contributed by atoms with Gasteiger partial charge in [-0.3, -0.25) is 0 Å². The van der Waals surface area contributed by atoms with Gasteiger partial charge >= 0.3 is 0 Å². The molecule has 0 fully saturated rings. The summed E-state index contributed by atoms with van der Waals surface area (Å²) in [5.41, 5.74) is 0. The standard InChI is InChI=1S/C4H10O/c1-3-4(2)5/h4-5H,3H2,1-2H3/i1D3,2D3,3D2,4D,5D. The fourth-order valence-electron chi connectivity index (χ4n) is 0. The van der Waals surface area contributed by atoms with Crippen molar-refractivity contribution in [3.05, 3.63) is 0 Å². The molecule has 1 N–H and O–H groups in total. The zero-order chi connectivity index (χ0) is 12.7.